The normalized spacial score (nSPS) is 15.3. The van der Waals surface area contributed by atoms with Gasteiger partial charge in [0.05, 0.1) is 12.2 Å². The lowest BCUT2D eigenvalue weighted by Crippen LogP contribution is -2.42. The van der Waals surface area contributed by atoms with E-state index < -0.39 is 18.5 Å². The van der Waals surface area contributed by atoms with Crippen molar-refractivity contribution < 1.29 is 27.0 Å². The Morgan fingerprint density at radius 3 is 2.50 bits per heavy atom. The van der Waals surface area contributed by atoms with Gasteiger partial charge in [0, 0.05) is 43.3 Å². The minimum Gasteiger partial charge on any atom is -0.474 e. The molecule has 0 saturated carbocycles. The van der Waals surface area contributed by atoms with E-state index in [0.29, 0.717) is 18.4 Å². The third-order valence-corrected chi connectivity index (χ3v) is 5.32. The second kappa shape index (κ2) is 10.2. The molecular formula is C23H23F4N5O2. The number of likely N-dealkylation sites (tertiary alicyclic amines) is 1. The number of alkyl halides is 3. The Labute approximate surface area is 193 Å². The summed E-state index contributed by atoms with van der Waals surface area (Å²) in [6.45, 7) is -0.161. The highest BCUT2D eigenvalue weighted by Gasteiger charge is 2.33. The van der Waals surface area contributed by atoms with Crippen LogP contribution in [0.15, 0.2) is 48.9 Å². The van der Waals surface area contributed by atoms with Gasteiger partial charge in [-0.1, -0.05) is 0 Å². The molecule has 1 aliphatic rings. The number of aromatic nitrogens is 3. The van der Waals surface area contributed by atoms with Gasteiger partial charge in [-0.25, -0.2) is 14.4 Å². The van der Waals surface area contributed by atoms with Crippen molar-refractivity contribution in [2.75, 3.05) is 25.4 Å². The highest BCUT2D eigenvalue weighted by Crippen LogP contribution is 2.29. The lowest BCUT2D eigenvalue weighted by molar-refractivity contribution is -0.149. The first-order valence-corrected chi connectivity index (χ1v) is 10.7. The van der Waals surface area contributed by atoms with Crippen molar-refractivity contribution >= 4 is 5.69 Å². The maximum Gasteiger partial charge on any atom is 0.401 e. The molecule has 4 heterocycles. The fourth-order valence-corrected chi connectivity index (χ4v) is 3.65. The van der Waals surface area contributed by atoms with Crippen molar-refractivity contribution in [3.05, 3.63) is 60.3 Å². The molecule has 2 N–H and O–H groups in total. The van der Waals surface area contributed by atoms with E-state index in [1.54, 1.807) is 24.5 Å². The number of halogens is 4. The van der Waals surface area contributed by atoms with Gasteiger partial charge in [0.1, 0.15) is 24.2 Å². The van der Waals surface area contributed by atoms with Crippen LogP contribution in [0.5, 0.6) is 11.8 Å². The van der Waals surface area contributed by atoms with Gasteiger partial charge in [-0.3, -0.25) is 9.88 Å². The lowest BCUT2D eigenvalue weighted by atomic mass is 10.1. The van der Waals surface area contributed by atoms with Crippen molar-refractivity contribution in [1.82, 2.24) is 19.9 Å². The Hall–Kier alpha value is -3.47. The Kier molecular flexibility index (Phi) is 7.11. The second-order valence-corrected chi connectivity index (χ2v) is 7.95. The summed E-state index contributed by atoms with van der Waals surface area (Å²) >= 11 is 0. The summed E-state index contributed by atoms with van der Waals surface area (Å²) in [6, 6.07) is 7.73. The number of hydrogen-bond donors (Lipinski definition) is 1. The molecule has 0 atom stereocenters. The lowest BCUT2D eigenvalue weighted by Gasteiger charge is -2.32. The van der Waals surface area contributed by atoms with Gasteiger partial charge < -0.3 is 15.2 Å². The zero-order chi connectivity index (χ0) is 24.1. The number of nitrogens with zero attached hydrogens (tertiary/aromatic N) is 4. The van der Waals surface area contributed by atoms with E-state index in [4.69, 9.17) is 15.2 Å². The number of piperidine rings is 1. The van der Waals surface area contributed by atoms with E-state index in [1.807, 2.05) is 0 Å². The highest BCUT2D eigenvalue weighted by molar-refractivity contribution is 5.66. The molecule has 1 saturated heterocycles. The standard InChI is InChI=1S/C23H23F4N5O2/c24-18-1-2-20(34-17-5-9-32(10-6-17)14-23(25,26)27)31-21(18)16-11-19(28)22(30-12-16)33-13-15-3-7-29-8-4-15/h1-4,7-8,11-12,17H,5-6,9-10,13-14,28H2. The van der Waals surface area contributed by atoms with Crippen molar-refractivity contribution in [2.24, 2.45) is 0 Å². The molecule has 1 fully saturated rings. The molecule has 0 aromatic carbocycles. The quantitative estimate of drug-likeness (QED) is 0.510. The van der Waals surface area contributed by atoms with Crippen LogP contribution < -0.4 is 15.2 Å². The molecule has 180 valence electrons. The highest BCUT2D eigenvalue weighted by atomic mass is 19.4. The molecule has 4 rings (SSSR count). The van der Waals surface area contributed by atoms with Crippen LogP contribution in [0.1, 0.15) is 18.4 Å². The average Bonchev–Trinajstić information content (AvgIpc) is 2.80. The Bertz CT molecular complexity index is 1110. The van der Waals surface area contributed by atoms with Crippen molar-refractivity contribution in [3.8, 4) is 23.0 Å². The number of nitrogen functional groups attached to an aromatic ring is 1. The zero-order valence-electron chi connectivity index (χ0n) is 18.1. The monoisotopic (exact) mass is 477 g/mol. The minimum absolute atomic E-state index is 0.00638. The molecule has 0 aliphatic carbocycles. The molecule has 0 unspecified atom stereocenters. The van der Waals surface area contributed by atoms with Crippen molar-refractivity contribution in [1.29, 1.82) is 0 Å². The molecule has 1 aliphatic heterocycles. The van der Waals surface area contributed by atoms with Crippen LogP contribution in [-0.2, 0) is 6.61 Å². The molecular weight excluding hydrogens is 454 g/mol. The third kappa shape index (κ3) is 6.31. The van der Waals surface area contributed by atoms with Crippen LogP contribution in [-0.4, -0.2) is 51.8 Å². The second-order valence-electron chi connectivity index (χ2n) is 7.95. The molecule has 7 nitrogen and oxygen atoms in total. The molecule has 0 bridgehead atoms. The Morgan fingerprint density at radius 2 is 1.82 bits per heavy atom. The average molecular weight is 477 g/mol. The molecule has 0 radical (unpaired) electrons. The summed E-state index contributed by atoms with van der Waals surface area (Å²) in [6.07, 6.45) is 1.01. The van der Waals surface area contributed by atoms with Crippen LogP contribution in [0, 0.1) is 5.82 Å². The van der Waals surface area contributed by atoms with Crippen LogP contribution >= 0.6 is 0 Å². The molecule has 0 spiro atoms. The van der Waals surface area contributed by atoms with Gasteiger partial charge in [0.25, 0.3) is 0 Å². The van der Waals surface area contributed by atoms with E-state index in [2.05, 4.69) is 15.0 Å². The van der Waals surface area contributed by atoms with Gasteiger partial charge in [-0.15, -0.1) is 0 Å². The topological polar surface area (TPSA) is 86.4 Å². The molecule has 11 heteroatoms. The number of nitrogens with two attached hydrogens (primary N) is 1. The fraction of sp³-hybridized carbons (Fsp3) is 0.348. The van der Waals surface area contributed by atoms with E-state index in [9.17, 15) is 17.6 Å². The van der Waals surface area contributed by atoms with Gasteiger partial charge in [0.15, 0.2) is 0 Å². The predicted octanol–water partition coefficient (Wildman–Crippen LogP) is 4.24. The number of pyridine rings is 3. The van der Waals surface area contributed by atoms with E-state index in [0.717, 1.165) is 5.56 Å². The minimum atomic E-state index is -4.23. The first kappa shape index (κ1) is 23.7. The fourth-order valence-electron chi connectivity index (χ4n) is 3.65. The molecule has 3 aromatic rings. The molecule has 0 amide bonds. The first-order valence-electron chi connectivity index (χ1n) is 10.7. The van der Waals surface area contributed by atoms with Gasteiger partial charge in [-0.2, -0.15) is 13.2 Å². The van der Waals surface area contributed by atoms with Crippen LogP contribution in [0.4, 0.5) is 23.2 Å². The SMILES string of the molecule is Nc1cc(-c2nc(OC3CCN(CC(F)(F)F)CC3)ccc2F)cnc1OCc1ccncc1. The Morgan fingerprint density at radius 1 is 1.09 bits per heavy atom. The summed E-state index contributed by atoms with van der Waals surface area (Å²) in [5, 5.41) is 0. The summed E-state index contributed by atoms with van der Waals surface area (Å²) in [7, 11) is 0. The number of rotatable bonds is 7. The van der Waals surface area contributed by atoms with E-state index in [1.165, 1.54) is 29.3 Å². The number of ether oxygens (including phenoxy) is 2. The maximum atomic E-state index is 14.5. The third-order valence-electron chi connectivity index (χ3n) is 5.32. The van der Waals surface area contributed by atoms with Crippen molar-refractivity contribution in [3.63, 3.8) is 0 Å². The van der Waals surface area contributed by atoms with Gasteiger partial charge in [-0.05, 0) is 42.7 Å². The van der Waals surface area contributed by atoms with Crippen LogP contribution in [0.3, 0.4) is 0 Å². The smallest absolute Gasteiger partial charge is 0.401 e. The summed E-state index contributed by atoms with van der Waals surface area (Å²) in [4.78, 5) is 13.7. The zero-order valence-corrected chi connectivity index (χ0v) is 18.1. The molecule has 34 heavy (non-hydrogen) atoms. The largest absolute Gasteiger partial charge is 0.474 e. The summed E-state index contributed by atoms with van der Waals surface area (Å²) < 4.78 is 63.6. The van der Waals surface area contributed by atoms with Gasteiger partial charge >= 0.3 is 6.18 Å². The van der Waals surface area contributed by atoms with Crippen LogP contribution in [0.2, 0.25) is 0 Å². The summed E-state index contributed by atoms with van der Waals surface area (Å²) in [5.74, 6) is -0.194. The summed E-state index contributed by atoms with van der Waals surface area (Å²) in [5.41, 5.74) is 7.51. The Balaban J connectivity index is 1.40. The predicted molar refractivity (Wildman–Crippen MR) is 117 cm³/mol. The molecule has 3 aromatic heterocycles. The number of anilines is 1. The van der Waals surface area contributed by atoms with Gasteiger partial charge in [0.2, 0.25) is 11.8 Å². The van der Waals surface area contributed by atoms with Crippen LogP contribution in [0.25, 0.3) is 11.3 Å². The maximum absolute atomic E-state index is 14.5. The van der Waals surface area contributed by atoms with Crippen molar-refractivity contribution in [2.45, 2.75) is 31.7 Å². The number of hydrogen-bond acceptors (Lipinski definition) is 7. The van der Waals surface area contributed by atoms with E-state index >= 15 is 0 Å². The first-order chi connectivity index (χ1) is 16.3. The van der Waals surface area contributed by atoms with E-state index in [-0.39, 0.29) is 48.9 Å².